The largest absolute Gasteiger partial charge is 0.396 e. The molecular formula is C24H28O2P+. The molecule has 0 aliphatic heterocycles. The lowest BCUT2D eigenvalue weighted by atomic mass is 10.2. The summed E-state index contributed by atoms with van der Waals surface area (Å²) in [6.07, 6.45) is 2.62. The highest BCUT2D eigenvalue weighted by Gasteiger charge is 2.46. The molecule has 1 unspecified atom stereocenters. The first-order valence-electron chi connectivity index (χ1n) is 9.61. The molecule has 0 aliphatic carbocycles. The van der Waals surface area contributed by atoms with Crippen LogP contribution in [0.25, 0.3) is 0 Å². The van der Waals surface area contributed by atoms with Crippen LogP contribution < -0.4 is 15.9 Å². The number of benzene rings is 3. The molecule has 0 fully saturated rings. The van der Waals surface area contributed by atoms with E-state index in [0.717, 1.165) is 25.4 Å². The number of aliphatic hydroxyl groups is 2. The molecule has 0 radical (unpaired) electrons. The van der Waals surface area contributed by atoms with Crippen LogP contribution in [0.4, 0.5) is 0 Å². The molecule has 2 N–H and O–H groups in total. The highest BCUT2D eigenvalue weighted by atomic mass is 31.2. The van der Waals surface area contributed by atoms with Gasteiger partial charge in [0.25, 0.3) is 0 Å². The average molecular weight is 379 g/mol. The van der Waals surface area contributed by atoms with Gasteiger partial charge in [-0.3, -0.25) is 0 Å². The van der Waals surface area contributed by atoms with Gasteiger partial charge in [0.2, 0.25) is 0 Å². The third-order valence-corrected chi connectivity index (χ3v) is 9.53. The van der Waals surface area contributed by atoms with Crippen molar-refractivity contribution in [3.8, 4) is 0 Å². The van der Waals surface area contributed by atoms with Crippen LogP contribution >= 0.6 is 7.26 Å². The van der Waals surface area contributed by atoms with Crippen LogP contribution in [0.5, 0.6) is 0 Å². The Bertz CT molecular complexity index is 694. The Balaban J connectivity index is 2.11. The third-order valence-electron chi connectivity index (χ3n) is 5.02. The Hall–Kier alpha value is -1.99. The van der Waals surface area contributed by atoms with E-state index in [-0.39, 0.29) is 6.61 Å². The molecule has 0 bridgehead atoms. The molecule has 140 valence electrons. The minimum atomic E-state index is -1.97. The Morgan fingerprint density at radius 2 is 1.04 bits per heavy atom. The predicted molar refractivity (Wildman–Crippen MR) is 117 cm³/mol. The van der Waals surface area contributed by atoms with Crippen molar-refractivity contribution in [2.24, 2.45) is 0 Å². The minimum Gasteiger partial charge on any atom is -0.396 e. The molecule has 3 aromatic carbocycles. The fourth-order valence-electron chi connectivity index (χ4n) is 3.71. The summed E-state index contributed by atoms with van der Waals surface area (Å²) in [7, 11) is -1.97. The zero-order valence-electron chi connectivity index (χ0n) is 15.6. The topological polar surface area (TPSA) is 40.5 Å². The quantitative estimate of drug-likeness (QED) is 0.441. The summed E-state index contributed by atoms with van der Waals surface area (Å²) < 4.78 is 0. The van der Waals surface area contributed by atoms with Gasteiger partial charge in [-0.1, -0.05) is 54.6 Å². The fraction of sp³-hybridized carbons (Fsp3) is 0.250. The van der Waals surface area contributed by atoms with Crippen molar-refractivity contribution >= 4 is 23.2 Å². The SMILES string of the molecule is OCCCCC(O)C[P+](c1ccccc1)(c1ccccc1)c1ccccc1. The van der Waals surface area contributed by atoms with Crippen LogP contribution in [0, 0.1) is 0 Å². The third kappa shape index (κ3) is 4.65. The molecule has 0 saturated heterocycles. The van der Waals surface area contributed by atoms with Gasteiger partial charge in [-0.25, -0.2) is 0 Å². The molecule has 0 aromatic heterocycles. The standard InChI is InChI=1S/C24H28O2P/c25-19-11-10-12-21(26)20-27(22-13-4-1-5-14-22,23-15-6-2-7-16-23)24-17-8-3-9-18-24/h1-9,13-18,21,25-26H,10-12,19-20H2/q+1. The summed E-state index contributed by atoms with van der Waals surface area (Å²) in [4.78, 5) is 0. The summed E-state index contributed by atoms with van der Waals surface area (Å²) >= 11 is 0. The molecular weight excluding hydrogens is 351 g/mol. The summed E-state index contributed by atoms with van der Waals surface area (Å²) in [5.41, 5.74) is 0. The second-order valence-corrected chi connectivity index (χ2v) is 10.4. The molecule has 2 nitrogen and oxygen atoms in total. The summed E-state index contributed by atoms with van der Waals surface area (Å²) in [6, 6.07) is 31.9. The smallest absolute Gasteiger partial charge is 0.114 e. The van der Waals surface area contributed by atoms with Crippen LogP contribution in [0.1, 0.15) is 19.3 Å². The Morgan fingerprint density at radius 1 is 0.630 bits per heavy atom. The average Bonchev–Trinajstić information content (AvgIpc) is 2.74. The van der Waals surface area contributed by atoms with Crippen LogP contribution in [0.2, 0.25) is 0 Å². The number of aliphatic hydroxyl groups excluding tert-OH is 2. The van der Waals surface area contributed by atoms with Crippen molar-refractivity contribution in [2.75, 3.05) is 12.8 Å². The van der Waals surface area contributed by atoms with Crippen LogP contribution in [0.3, 0.4) is 0 Å². The number of hydrogen-bond donors (Lipinski definition) is 2. The summed E-state index contributed by atoms with van der Waals surface area (Å²) in [6.45, 7) is 0.184. The van der Waals surface area contributed by atoms with Crippen LogP contribution in [-0.2, 0) is 0 Å². The van der Waals surface area contributed by atoms with Crippen molar-refractivity contribution in [1.82, 2.24) is 0 Å². The van der Waals surface area contributed by atoms with Crippen molar-refractivity contribution in [3.63, 3.8) is 0 Å². The van der Waals surface area contributed by atoms with Crippen LogP contribution in [0.15, 0.2) is 91.0 Å². The first-order chi connectivity index (χ1) is 13.3. The molecule has 3 heteroatoms. The van der Waals surface area contributed by atoms with Gasteiger partial charge < -0.3 is 10.2 Å². The van der Waals surface area contributed by atoms with E-state index in [2.05, 4.69) is 72.8 Å². The van der Waals surface area contributed by atoms with Gasteiger partial charge in [-0.2, -0.15) is 0 Å². The normalized spacial score (nSPS) is 12.7. The van der Waals surface area contributed by atoms with Gasteiger partial charge in [0, 0.05) is 6.61 Å². The lowest BCUT2D eigenvalue weighted by Gasteiger charge is -2.29. The molecule has 3 rings (SSSR count). The fourth-order valence-corrected chi connectivity index (χ4v) is 8.10. The van der Waals surface area contributed by atoms with Gasteiger partial charge in [-0.05, 0) is 55.7 Å². The molecule has 0 amide bonds. The monoisotopic (exact) mass is 379 g/mol. The second kappa shape index (κ2) is 9.80. The zero-order valence-corrected chi connectivity index (χ0v) is 16.5. The molecule has 0 spiro atoms. The number of unbranched alkanes of at least 4 members (excludes halogenated alkanes) is 1. The first-order valence-corrected chi connectivity index (χ1v) is 11.6. The zero-order chi connectivity index (χ0) is 19.0. The maximum Gasteiger partial charge on any atom is 0.114 e. The van der Waals surface area contributed by atoms with E-state index in [1.807, 2.05) is 18.2 Å². The maximum absolute atomic E-state index is 10.9. The van der Waals surface area contributed by atoms with E-state index in [1.54, 1.807) is 0 Å². The molecule has 0 saturated carbocycles. The van der Waals surface area contributed by atoms with E-state index < -0.39 is 13.4 Å². The molecule has 1 atom stereocenters. The summed E-state index contributed by atoms with van der Waals surface area (Å²) in [5, 5.41) is 23.9. The molecule has 27 heavy (non-hydrogen) atoms. The Labute approximate surface area is 162 Å². The Morgan fingerprint density at radius 3 is 1.41 bits per heavy atom. The van der Waals surface area contributed by atoms with Gasteiger partial charge in [0.1, 0.15) is 23.2 Å². The van der Waals surface area contributed by atoms with Crippen molar-refractivity contribution in [3.05, 3.63) is 91.0 Å². The maximum atomic E-state index is 10.9. The molecule has 3 aromatic rings. The van der Waals surface area contributed by atoms with Crippen molar-refractivity contribution in [1.29, 1.82) is 0 Å². The van der Waals surface area contributed by atoms with Crippen molar-refractivity contribution < 1.29 is 10.2 Å². The van der Waals surface area contributed by atoms with E-state index >= 15 is 0 Å². The predicted octanol–water partition coefficient (Wildman–Crippen LogP) is 3.50. The van der Waals surface area contributed by atoms with Gasteiger partial charge in [0.05, 0.1) is 12.3 Å². The number of hydrogen-bond acceptors (Lipinski definition) is 2. The minimum absolute atomic E-state index is 0.184. The second-order valence-electron chi connectivity index (χ2n) is 6.87. The van der Waals surface area contributed by atoms with Gasteiger partial charge in [-0.15, -0.1) is 0 Å². The number of rotatable bonds is 9. The first kappa shape index (κ1) is 19.8. The summed E-state index contributed by atoms with van der Waals surface area (Å²) in [5.74, 6) is 0. The van der Waals surface area contributed by atoms with E-state index in [1.165, 1.54) is 15.9 Å². The van der Waals surface area contributed by atoms with Crippen molar-refractivity contribution in [2.45, 2.75) is 25.4 Å². The molecule has 0 aliphatic rings. The lowest BCUT2D eigenvalue weighted by molar-refractivity contribution is 0.179. The van der Waals surface area contributed by atoms with E-state index in [4.69, 9.17) is 5.11 Å². The van der Waals surface area contributed by atoms with E-state index in [9.17, 15) is 5.11 Å². The highest BCUT2D eigenvalue weighted by Crippen LogP contribution is 2.56. The Kier molecular flexibility index (Phi) is 7.18. The van der Waals surface area contributed by atoms with Gasteiger partial charge in [0.15, 0.2) is 0 Å². The lowest BCUT2D eigenvalue weighted by Crippen LogP contribution is -2.37. The van der Waals surface area contributed by atoms with Gasteiger partial charge >= 0.3 is 0 Å². The highest BCUT2D eigenvalue weighted by molar-refractivity contribution is 7.95. The van der Waals surface area contributed by atoms with E-state index in [0.29, 0.717) is 0 Å². The molecule has 0 heterocycles. The van der Waals surface area contributed by atoms with Crippen LogP contribution in [-0.4, -0.2) is 29.1 Å².